The lowest BCUT2D eigenvalue weighted by atomic mass is 10.3. The van der Waals surface area contributed by atoms with E-state index in [-0.39, 0.29) is 24.5 Å². The number of hydrogen-bond acceptors (Lipinski definition) is 5. The van der Waals surface area contributed by atoms with Crippen molar-refractivity contribution in [3.05, 3.63) is 12.7 Å². The van der Waals surface area contributed by atoms with Crippen LogP contribution in [0, 0.1) is 0 Å². The van der Waals surface area contributed by atoms with Crippen molar-refractivity contribution in [3.8, 4) is 0 Å². The molecule has 1 saturated carbocycles. The molecule has 0 saturated heterocycles. The van der Waals surface area contributed by atoms with Crippen molar-refractivity contribution in [2.45, 2.75) is 38.8 Å². The first-order valence-corrected chi connectivity index (χ1v) is 6.43. The predicted octanol–water partition coefficient (Wildman–Crippen LogP) is 0.393. The second kappa shape index (κ2) is 5.81. The maximum Gasteiger partial charge on any atom is 0.325 e. The van der Waals surface area contributed by atoms with Gasteiger partial charge in [-0.2, -0.15) is 5.10 Å². The molecule has 1 aliphatic carbocycles. The normalized spacial score (nSPS) is 15.9. The molecule has 1 atom stereocenters. The minimum Gasteiger partial charge on any atom is -0.465 e. The summed E-state index contributed by atoms with van der Waals surface area (Å²) in [7, 11) is 0. The first kappa shape index (κ1) is 13.5. The zero-order valence-electron chi connectivity index (χ0n) is 11.2. The lowest BCUT2D eigenvalue weighted by molar-refractivity contribution is -0.150. The molecule has 0 radical (unpaired) electrons. The molecule has 104 valence electrons. The smallest absolute Gasteiger partial charge is 0.325 e. The largest absolute Gasteiger partial charge is 0.465 e. The molecule has 7 nitrogen and oxygen atoms in total. The summed E-state index contributed by atoms with van der Waals surface area (Å²) in [5.74, 6) is -0.491. The molecule has 0 bridgehead atoms. The Morgan fingerprint density at radius 3 is 2.79 bits per heavy atom. The van der Waals surface area contributed by atoms with Gasteiger partial charge in [0.2, 0.25) is 5.91 Å². The first-order chi connectivity index (χ1) is 9.13. The number of nitrogens with zero attached hydrogens (tertiary/aromatic N) is 4. The minimum atomic E-state index is -0.461. The van der Waals surface area contributed by atoms with E-state index in [1.54, 1.807) is 18.7 Å². The Kier molecular flexibility index (Phi) is 4.13. The molecule has 1 heterocycles. The summed E-state index contributed by atoms with van der Waals surface area (Å²) in [6, 6.07) is -0.305. The fourth-order valence-corrected chi connectivity index (χ4v) is 1.89. The minimum absolute atomic E-state index is 0.0103. The Labute approximate surface area is 111 Å². The van der Waals surface area contributed by atoms with Crippen LogP contribution in [0.2, 0.25) is 0 Å². The third-order valence-electron chi connectivity index (χ3n) is 3.07. The monoisotopic (exact) mass is 266 g/mol. The van der Waals surface area contributed by atoms with Crippen LogP contribution in [0.5, 0.6) is 0 Å². The molecule has 1 amide bonds. The Morgan fingerprint density at radius 2 is 2.26 bits per heavy atom. The molecule has 1 unspecified atom stereocenters. The van der Waals surface area contributed by atoms with Crippen LogP contribution in [0.3, 0.4) is 0 Å². The SMILES string of the molecule is CCOC(=O)CN(C(=O)C(C)n1cncn1)C1CC1. The molecule has 0 N–H and O–H groups in total. The van der Waals surface area contributed by atoms with Crippen LogP contribution in [0.15, 0.2) is 12.7 Å². The number of aromatic nitrogens is 3. The van der Waals surface area contributed by atoms with Crippen molar-refractivity contribution >= 4 is 11.9 Å². The number of carbonyl (C=O) groups excluding carboxylic acids is 2. The van der Waals surface area contributed by atoms with Gasteiger partial charge in [-0.25, -0.2) is 9.67 Å². The van der Waals surface area contributed by atoms with Crippen LogP contribution in [-0.2, 0) is 14.3 Å². The summed E-state index contributed by atoms with van der Waals surface area (Å²) < 4.78 is 6.39. The van der Waals surface area contributed by atoms with Gasteiger partial charge in [-0.15, -0.1) is 0 Å². The molecule has 1 aliphatic rings. The fraction of sp³-hybridized carbons (Fsp3) is 0.667. The third kappa shape index (κ3) is 3.30. The van der Waals surface area contributed by atoms with Crippen molar-refractivity contribution in [1.29, 1.82) is 0 Å². The van der Waals surface area contributed by atoms with E-state index in [2.05, 4.69) is 10.1 Å². The van der Waals surface area contributed by atoms with Crippen LogP contribution in [0.1, 0.15) is 32.7 Å². The lowest BCUT2D eigenvalue weighted by Crippen LogP contribution is -2.41. The van der Waals surface area contributed by atoms with E-state index in [1.165, 1.54) is 17.3 Å². The summed E-state index contributed by atoms with van der Waals surface area (Å²) in [4.78, 5) is 29.4. The highest BCUT2D eigenvalue weighted by Crippen LogP contribution is 2.28. The number of amides is 1. The van der Waals surface area contributed by atoms with Gasteiger partial charge in [0.15, 0.2) is 0 Å². The van der Waals surface area contributed by atoms with E-state index in [9.17, 15) is 9.59 Å². The average Bonchev–Trinajstić information content (AvgIpc) is 3.08. The molecule has 7 heteroatoms. The average molecular weight is 266 g/mol. The van der Waals surface area contributed by atoms with Crippen LogP contribution in [0.4, 0.5) is 0 Å². The number of hydrogen-bond donors (Lipinski definition) is 0. The molecule has 1 aromatic rings. The van der Waals surface area contributed by atoms with E-state index in [4.69, 9.17) is 4.74 Å². The summed E-state index contributed by atoms with van der Waals surface area (Å²) in [5.41, 5.74) is 0. The highest BCUT2D eigenvalue weighted by Gasteiger charge is 2.36. The van der Waals surface area contributed by atoms with Gasteiger partial charge in [-0.05, 0) is 26.7 Å². The number of rotatable bonds is 6. The van der Waals surface area contributed by atoms with E-state index in [1.807, 2.05) is 0 Å². The molecule has 1 fully saturated rings. The standard InChI is InChI=1S/C12H18N4O3/c1-3-19-11(17)6-15(10-4-5-10)12(18)9(2)16-8-13-7-14-16/h7-10H,3-6H2,1-2H3. The zero-order valence-corrected chi connectivity index (χ0v) is 11.2. The molecule has 2 rings (SSSR count). The van der Waals surface area contributed by atoms with Crippen LogP contribution < -0.4 is 0 Å². The van der Waals surface area contributed by atoms with Gasteiger partial charge < -0.3 is 9.64 Å². The first-order valence-electron chi connectivity index (χ1n) is 6.43. The highest BCUT2D eigenvalue weighted by atomic mass is 16.5. The zero-order chi connectivity index (χ0) is 13.8. The van der Waals surface area contributed by atoms with E-state index in [0.29, 0.717) is 6.61 Å². The Balaban J connectivity index is 2.02. The van der Waals surface area contributed by atoms with E-state index >= 15 is 0 Å². The quantitative estimate of drug-likeness (QED) is 0.696. The third-order valence-corrected chi connectivity index (χ3v) is 3.07. The van der Waals surface area contributed by atoms with E-state index < -0.39 is 6.04 Å². The van der Waals surface area contributed by atoms with Crippen molar-refractivity contribution in [2.75, 3.05) is 13.2 Å². The summed E-state index contributed by atoms with van der Waals surface area (Å²) in [6.45, 7) is 3.83. The molecule has 19 heavy (non-hydrogen) atoms. The summed E-state index contributed by atoms with van der Waals surface area (Å²) >= 11 is 0. The summed E-state index contributed by atoms with van der Waals surface area (Å²) in [6.07, 6.45) is 4.76. The van der Waals surface area contributed by atoms with Crippen molar-refractivity contribution in [3.63, 3.8) is 0 Å². The molecule has 0 aliphatic heterocycles. The molecule has 0 aromatic carbocycles. The van der Waals surface area contributed by atoms with Gasteiger partial charge in [0.1, 0.15) is 25.2 Å². The van der Waals surface area contributed by atoms with E-state index in [0.717, 1.165) is 12.8 Å². The maximum atomic E-state index is 12.4. The van der Waals surface area contributed by atoms with Gasteiger partial charge in [-0.1, -0.05) is 0 Å². The van der Waals surface area contributed by atoms with Crippen molar-refractivity contribution in [1.82, 2.24) is 19.7 Å². The molecular weight excluding hydrogens is 248 g/mol. The number of ether oxygens (including phenoxy) is 1. The Bertz CT molecular complexity index is 442. The number of carbonyl (C=O) groups is 2. The van der Waals surface area contributed by atoms with Gasteiger partial charge in [0.05, 0.1) is 6.61 Å². The number of esters is 1. The Morgan fingerprint density at radius 1 is 1.53 bits per heavy atom. The predicted molar refractivity (Wildman–Crippen MR) is 66.1 cm³/mol. The second-order valence-electron chi connectivity index (χ2n) is 4.55. The van der Waals surface area contributed by atoms with Gasteiger partial charge >= 0.3 is 5.97 Å². The molecule has 0 spiro atoms. The van der Waals surface area contributed by atoms with Crippen molar-refractivity contribution < 1.29 is 14.3 Å². The highest BCUT2D eigenvalue weighted by molar-refractivity contribution is 5.85. The summed E-state index contributed by atoms with van der Waals surface area (Å²) in [5, 5.41) is 3.96. The molecule has 1 aromatic heterocycles. The molecular formula is C12H18N4O3. The van der Waals surface area contributed by atoms with Gasteiger partial charge in [0, 0.05) is 6.04 Å². The maximum absolute atomic E-state index is 12.4. The van der Waals surface area contributed by atoms with Crippen LogP contribution in [-0.4, -0.2) is 50.7 Å². The van der Waals surface area contributed by atoms with Crippen LogP contribution in [0.25, 0.3) is 0 Å². The Hall–Kier alpha value is -1.92. The topological polar surface area (TPSA) is 77.3 Å². The van der Waals surface area contributed by atoms with Crippen molar-refractivity contribution in [2.24, 2.45) is 0 Å². The fourth-order valence-electron chi connectivity index (χ4n) is 1.89. The van der Waals surface area contributed by atoms with Gasteiger partial charge in [0.25, 0.3) is 0 Å². The second-order valence-corrected chi connectivity index (χ2v) is 4.55. The lowest BCUT2D eigenvalue weighted by Gasteiger charge is -2.24. The van der Waals surface area contributed by atoms with Crippen LogP contribution >= 0.6 is 0 Å². The van der Waals surface area contributed by atoms with Gasteiger partial charge in [-0.3, -0.25) is 9.59 Å².